The Morgan fingerprint density at radius 2 is 1.76 bits per heavy atom. The fourth-order valence-electron chi connectivity index (χ4n) is 5.18. The minimum Gasteiger partial charge on any atom is -0.493 e. The highest BCUT2D eigenvalue weighted by atomic mass is 16.5. The summed E-state index contributed by atoms with van der Waals surface area (Å²) in [6.07, 6.45) is 2.43. The lowest BCUT2D eigenvalue weighted by atomic mass is 10.0. The Kier molecular flexibility index (Phi) is 5.44. The van der Waals surface area contributed by atoms with Gasteiger partial charge in [-0.25, -0.2) is 0 Å². The SMILES string of the molecule is COc1ccc2c(c1OC)C(=O)N1c3ccccc3C(=O)N(CCCC(=O)N3CCCC3)[C@@H]21. The summed E-state index contributed by atoms with van der Waals surface area (Å²) in [5, 5.41) is 0. The molecule has 2 aromatic carbocycles. The molecule has 1 saturated heterocycles. The number of amides is 3. The molecule has 0 aromatic heterocycles. The van der Waals surface area contributed by atoms with Gasteiger partial charge in [0.1, 0.15) is 6.17 Å². The highest BCUT2D eigenvalue weighted by Crippen LogP contribution is 2.49. The van der Waals surface area contributed by atoms with Crippen LogP contribution in [0, 0.1) is 0 Å². The van der Waals surface area contributed by atoms with E-state index in [0.717, 1.165) is 25.9 Å². The molecule has 0 spiro atoms. The summed E-state index contributed by atoms with van der Waals surface area (Å²) in [4.78, 5) is 44.9. The Morgan fingerprint density at radius 3 is 2.48 bits per heavy atom. The fraction of sp³-hybridized carbons (Fsp3) is 0.400. The first kappa shape index (κ1) is 21.3. The highest BCUT2D eigenvalue weighted by molar-refractivity contribution is 6.18. The molecule has 0 aliphatic carbocycles. The maximum Gasteiger partial charge on any atom is 0.264 e. The minimum atomic E-state index is -0.586. The van der Waals surface area contributed by atoms with Gasteiger partial charge in [-0.1, -0.05) is 18.2 Å². The van der Waals surface area contributed by atoms with Gasteiger partial charge in [0.05, 0.1) is 31.0 Å². The van der Waals surface area contributed by atoms with Gasteiger partial charge in [0.2, 0.25) is 5.91 Å². The summed E-state index contributed by atoms with van der Waals surface area (Å²) in [5.74, 6) is 0.582. The third-order valence-corrected chi connectivity index (χ3v) is 6.73. The van der Waals surface area contributed by atoms with E-state index in [1.807, 2.05) is 17.0 Å². The second-order valence-corrected chi connectivity index (χ2v) is 8.52. The molecular formula is C25H27N3O5. The van der Waals surface area contributed by atoms with Gasteiger partial charge in [-0.2, -0.15) is 0 Å². The number of fused-ring (bicyclic) bond motifs is 5. The number of hydrogen-bond acceptors (Lipinski definition) is 5. The van der Waals surface area contributed by atoms with Gasteiger partial charge in [0.15, 0.2) is 11.5 Å². The molecule has 0 unspecified atom stereocenters. The number of carbonyl (C=O) groups is 3. The van der Waals surface area contributed by atoms with Crippen molar-refractivity contribution in [2.24, 2.45) is 0 Å². The van der Waals surface area contributed by atoms with Crippen LogP contribution in [0.4, 0.5) is 5.69 Å². The number of carbonyl (C=O) groups excluding carboxylic acids is 3. The molecule has 1 fully saturated rings. The maximum absolute atomic E-state index is 13.6. The van der Waals surface area contributed by atoms with Crippen LogP contribution in [0.2, 0.25) is 0 Å². The van der Waals surface area contributed by atoms with E-state index < -0.39 is 6.17 Å². The lowest BCUT2D eigenvalue weighted by Gasteiger charge is -2.41. The molecule has 172 valence electrons. The average Bonchev–Trinajstić information content (AvgIpc) is 3.48. The predicted octanol–water partition coefficient (Wildman–Crippen LogP) is 3.22. The number of nitrogens with zero attached hydrogens (tertiary/aromatic N) is 3. The van der Waals surface area contributed by atoms with E-state index in [2.05, 4.69) is 0 Å². The van der Waals surface area contributed by atoms with Crippen LogP contribution in [-0.2, 0) is 4.79 Å². The monoisotopic (exact) mass is 449 g/mol. The van der Waals surface area contributed by atoms with Gasteiger partial charge < -0.3 is 19.3 Å². The summed E-state index contributed by atoms with van der Waals surface area (Å²) in [6, 6.07) is 10.7. The zero-order valence-electron chi connectivity index (χ0n) is 18.9. The van der Waals surface area contributed by atoms with E-state index in [4.69, 9.17) is 9.47 Å². The second kappa shape index (κ2) is 8.42. The van der Waals surface area contributed by atoms with E-state index in [-0.39, 0.29) is 17.7 Å². The molecule has 8 heteroatoms. The van der Waals surface area contributed by atoms with Gasteiger partial charge in [-0.3, -0.25) is 19.3 Å². The Bertz CT molecular complexity index is 1130. The van der Waals surface area contributed by atoms with Crippen LogP contribution in [0.5, 0.6) is 11.5 Å². The third-order valence-electron chi connectivity index (χ3n) is 6.73. The van der Waals surface area contributed by atoms with Crippen molar-refractivity contribution in [3.8, 4) is 11.5 Å². The Labute approximate surface area is 192 Å². The average molecular weight is 450 g/mol. The largest absolute Gasteiger partial charge is 0.493 e. The van der Waals surface area contributed by atoms with Crippen molar-refractivity contribution >= 4 is 23.4 Å². The predicted molar refractivity (Wildman–Crippen MR) is 122 cm³/mol. The van der Waals surface area contributed by atoms with Crippen molar-refractivity contribution in [3.05, 3.63) is 53.1 Å². The summed E-state index contributed by atoms with van der Waals surface area (Å²) < 4.78 is 11.0. The minimum absolute atomic E-state index is 0.128. The van der Waals surface area contributed by atoms with Crippen LogP contribution in [0.3, 0.4) is 0 Å². The Hall–Kier alpha value is -3.55. The number of rotatable bonds is 6. The number of ether oxygens (including phenoxy) is 2. The molecule has 3 aliphatic heterocycles. The molecule has 3 aliphatic rings. The molecule has 33 heavy (non-hydrogen) atoms. The summed E-state index contributed by atoms with van der Waals surface area (Å²) >= 11 is 0. The second-order valence-electron chi connectivity index (χ2n) is 8.52. The van der Waals surface area contributed by atoms with E-state index in [9.17, 15) is 14.4 Å². The van der Waals surface area contributed by atoms with Gasteiger partial charge in [0.25, 0.3) is 11.8 Å². The quantitative estimate of drug-likeness (QED) is 0.677. The standard InChI is InChI=1S/C25H27N3O5/c1-32-19-12-11-17-21(22(19)33-2)25(31)28-18-9-4-3-8-16(18)24(30)27(23(17)28)15-7-10-20(29)26-13-5-6-14-26/h3-4,8-9,11-12,23H,5-7,10,13-15H2,1-2H3/t23-/m1/s1. The first-order valence-electron chi connectivity index (χ1n) is 11.3. The van der Waals surface area contributed by atoms with Gasteiger partial charge in [-0.15, -0.1) is 0 Å². The smallest absolute Gasteiger partial charge is 0.264 e. The first-order valence-corrected chi connectivity index (χ1v) is 11.3. The highest BCUT2D eigenvalue weighted by Gasteiger charge is 2.49. The van der Waals surface area contributed by atoms with Crippen LogP contribution in [0.1, 0.15) is 58.1 Å². The van der Waals surface area contributed by atoms with Crippen molar-refractivity contribution in [3.63, 3.8) is 0 Å². The summed E-state index contributed by atoms with van der Waals surface area (Å²) in [7, 11) is 3.03. The Balaban J connectivity index is 1.51. The van der Waals surface area contributed by atoms with Gasteiger partial charge >= 0.3 is 0 Å². The van der Waals surface area contributed by atoms with E-state index in [1.165, 1.54) is 14.2 Å². The van der Waals surface area contributed by atoms with Crippen LogP contribution in [0.15, 0.2) is 36.4 Å². The van der Waals surface area contributed by atoms with Crippen molar-refractivity contribution < 1.29 is 23.9 Å². The number of benzene rings is 2. The Morgan fingerprint density at radius 1 is 1.00 bits per heavy atom. The van der Waals surface area contributed by atoms with Gasteiger partial charge in [-0.05, 0) is 37.5 Å². The van der Waals surface area contributed by atoms with Crippen molar-refractivity contribution in [2.45, 2.75) is 31.8 Å². The van der Waals surface area contributed by atoms with Crippen LogP contribution in [0.25, 0.3) is 0 Å². The van der Waals surface area contributed by atoms with Crippen LogP contribution in [-0.4, -0.2) is 61.4 Å². The lowest BCUT2D eigenvalue weighted by Crippen LogP contribution is -2.48. The molecule has 0 bridgehead atoms. The zero-order valence-corrected chi connectivity index (χ0v) is 18.9. The number of likely N-dealkylation sites (tertiary alicyclic amines) is 1. The van der Waals surface area contributed by atoms with Gasteiger partial charge in [0, 0.05) is 31.6 Å². The molecule has 3 amide bonds. The van der Waals surface area contributed by atoms with Crippen molar-refractivity contribution in [1.29, 1.82) is 0 Å². The fourth-order valence-corrected chi connectivity index (χ4v) is 5.18. The summed E-state index contributed by atoms with van der Waals surface area (Å²) in [6.45, 7) is 2.00. The number of hydrogen-bond donors (Lipinski definition) is 0. The molecule has 3 heterocycles. The third kappa shape index (κ3) is 3.32. The van der Waals surface area contributed by atoms with E-state index in [0.29, 0.717) is 53.3 Å². The molecule has 8 nitrogen and oxygen atoms in total. The van der Waals surface area contributed by atoms with E-state index in [1.54, 1.807) is 34.1 Å². The van der Waals surface area contributed by atoms with E-state index >= 15 is 0 Å². The summed E-state index contributed by atoms with van der Waals surface area (Å²) in [5.41, 5.74) is 2.17. The molecule has 1 atom stereocenters. The molecule has 2 aromatic rings. The molecule has 0 radical (unpaired) electrons. The van der Waals surface area contributed by atoms with Crippen LogP contribution < -0.4 is 14.4 Å². The van der Waals surface area contributed by atoms with Crippen molar-refractivity contribution in [1.82, 2.24) is 9.80 Å². The zero-order chi connectivity index (χ0) is 23.1. The van der Waals surface area contributed by atoms with Crippen LogP contribution >= 0.6 is 0 Å². The normalized spacial score (nSPS) is 18.8. The maximum atomic E-state index is 13.6. The number of para-hydroxylation sites is 1. The molecule has 0 N–H and O–H groups in total. The number of methoxy groups -OCH3 is 2. The molecule has 5 rings (SSSR count). The molecular weight excluding hydrogens is 422 g/mol. The van der Waals surface area contributed by atoms with Crippen molar-refractivity contribution in [2.75, 3.05) is 38.8 Å². The number of anilines is 1. The topological polar surface area (TPSA) is 79.4 Å². The molecule has 0 saturated carbocycles. The lowest BCUT2D eigenvalue weighted by molar-refractivity contribution is -0.130. The first-order chi connectivity index (χ1) is 16.1.